The number of nitrogens with one attached hydrogen (secondary N) is 1. The monoisotopic (exact) mass is 281 g/mol. The van der Waals surface area contributed by atoms with Crippen LogP contribution < -0.4 is 5.32 Å². The first-order valence-electron chi connectivity index (χ1n) is 6.66. The number of rotatable bonds is 5. The first kappa shape index (κ1) is 14.2. The molecular formula is C15H20ClNO2. The molecule has 4 heteroatoms. The Morgan fingerprint density at radius 3 is 2.53 bits per heavy atom. The van der Waals surface area contributed by atoms with Crippen LogP contribution in [0.1, 0.15) is 32.6 Å². The van der Waals surface area contributed by atoms with Crippen LogP contribution in [0.4, 0.5) is 5.69 Å². The molecule has 1 N–H and O–H groups in total. The molecule has 0 spiro atoms. The van der Waals surface area contributed by atoms with Crippen molar-refractivity contribution in [1.29, 1.82) is 0 Å². The Labute approximate surface area is 119 Å². The minimum Gasteiger partial charge on any atom is -0.467 e. The molecule has 2 rings (SSSR count). The zero-order valence-electron chi connectivity index (χ0n) is 11.4. The second-order valence-corrected chi connectivity index (χ2v) is 5.89. The molecule has 0 bridgehead atoms. The van der Waals surface area contributed by atoms with Gasteiger partial charge in [0.2, 0.25) is 0 Å². The number of esters is 1. The van der Waals surface area contributed by atoms with E-state index in [1.807, 2.05) is 31.2 Å². The first-order chi connectivity index (χ1) is 9.03. The molecule has 1 unspecified atom stereocenters. The van der Waals surface area contributed by atoms with Gasteiger partial charge in [-0.05, 0) is 43.5 Å². The van der Waals surface area contributed by atoms with Gasteiger partial charge in [0.05, 0.1) is 7.11 Å². The van der Waals surface area contributed by atoms with E-state index in [1.54, 1.807) is 0 Å². The Hall–Kier alpha value is -1.22. The molecule has 3 nitrogen and oxygen atoms in total. The number of carbonyl (C=O) groups excluding carboxylic acids is 1. The van der Waals surface area contributed by atoms with Crippen molar-refractivity contribution in [3.05, 3.63) is 29.3 Å². The SMILES string of the molecule is COC(=O)C(C)(CC1CCC1)Nc1ccc(Cl)cc1. The number of methoxy groups -OCH3 is 1. The maximum absolute atomic E-state index is 12.1. The average Bonchev–Trinajstić information content (AvgIpc) is 2.36. The summed E-state index contributed by atoms with van der Waals surface area (Å²) in [6.45, 7) is 1.91. The van der Waals surface area contributed by atoms with Crippen LogP contribution in [-0.2, 0) is 9.53 Å². The van der Waals surface area contributed by atoms with Crippen LogP contribution in [-0.4, -0.2) is 18.6 Å². The normalized spacial score (nSPS) is 18.3. The van der Waals surface area contributed by atoms with E-state index in [1.165, 1.54) is 26.4 Å². The van der Waals surface area contributed by atoms with Crippen LogP contribution in [0.2, 0.25) is 5.02 Å². The van der Waals surface area contributed by atoms with E-state index in [2.05, 4.69) is 5.32 Å². The number of carbonyl (C=O) groups is 1. The van der Waals surface area contributed by atoms with Crippen LogP contribution in [0.15, 0.2) is 24.3 Å². The predicted octanol–water partition coefficient (Wildman–Crippen LogP) is 3.87. The van der Waals surface area contributed by atoms with Crippen molar-refractivity contribution >= 4 is 23.3 Å². The quantitative estimate of drug-likeness (QED) is 0.833. The van der Waals surface area contributed by atoms with Crippen LogP contribution >= 0.6 is 11.6 Å². The number of ether oxygens (including phenoxy) is 1. The molecule has 0 aromatic heterocycles. The number of hydrogen-bond acceptors (Lipinski definition) is 3. The van der Waals surface area contributed by atoms with E-state index in [-0.39, 0.29) is 5.97 Å². The molecule has 0 radical (unpaired) electrons. The molecule has 0 heterocycles. The Balaban J connectivity index is 2.12. The summed E-state index contributed by atoms with van der Waals surface area (Å²) in [5.74, 6) is 0.401. The highest BCUT2D eigenvalue weighted by Gasteiger charge is 2.38. The van der Waals surface area contributed by atoms with E-state index >= 15 is 0 Å². The summed E-state index contributed by atoms with van der Waals surface area (Å²) in [6, 6.07) is 7.38. The maximum atomic E-state index is 12.1. The second kappa shape index (κ2) is 5.83. The van der Waals surface area contributed by atoms with E-state index < -0.39 is 5.54 Å². The van der Waals surface area contributed by atoms with Gasteiger partial charge in [-0.25, -0.2) is 4.79 Å². The van der Waals surface area contributed by atoms with E-state index in [0.717, 1.165) is 12.1 Å². The lowest BCUT2D eigenvalue weighted by Gasteiger charge is -2.36. The molecule has 0 saturated heterocycles. The summed E-state index contributed by atoms with van der Waals surface area (Å²) in [6.07, 6.45) is 4.48. The van der Waals surface area contributed by atoms with Crippen molar-refractivity contribution in [2.75, 3.05) is 12.4 Å². The van der Waals surface area contributed by atoms with Gasteiger partial charge in [0.25, 0.3) is 0 Å². The van der Waals surface area contributed by atoms with E-state index in [0.29, 0.717) is 10.9 Å². The summed E-state index contributed by atoms with van der Waals surface area (Å²) in [5, 5.41) is 3.98. The summed E-state index contributed by atoms with van der Waals surface area (Å²) in [4.78, 5) is 12.1. The summed E-state index contributed by atoms with van der Waals surface area (Å²) >= 11 is 5.87. The highest BCUT2D eigenvalue weighted by molar-refractivity contribution is 6.30. The van der Waals surface area contributed by atoms with Crippen molar-refractivity contribution < 1.29 is 9.53 Å². The molecule has 1 aliphatic rings. The van der Waals surface area contributed by atoms with Crippen molar-refractivity contribution in [3.8, 4) is 0 Å². The molecular weight excluding hydrogens is 262 g/mol. The Bertz CT molecular complexity index is 442. The fourth-order valence-electron chi connectivity index (χ4n) is 2.54. The minimum atomic E-state index is -0.673. The third-order valence-corrected chi connectivity index (χ3v) is 4.07. The van der Waals surface area contributed by atoms with Crippen LogP contribution in [0.25, 0.3) is 0 Å². The minimum absolute atomic E-state index is 0.214. The highest BCUT2D eigenvalue weighted by atomic mass is 35.5. The Kier molecular flexibility index (Phi) is 4.35. The van der Waals surface area contributed by atoms with Crippen LogP contribution in [0.3, 0.4) is 0 Å². The van der Waals surface area contributed by atoms with Gasteiger partial charge < -0.3 is 10.1 Å². The lowest BCUT2D eigenvalue weighted by atomic mass is 9.76. The van der Waals surface area contributed by atoms with Gasteiger partial charge >= 0.3 is 5.97 Å². The number of anilines is 1. The van der Waals surface area contributed by atoms with Gasteiger partial charge in [-0.3, -0.25) is 0 Å². The van der Waals surface area contributed by atoms with Gasteiger partial charge in [0, 0.05) is 10.7 Å². The lowest BCUT2D eigenvalue weighted by molar-refractivity contribution is -0.146. The number of halogens is 1. The third kappa shape index (κ3) is 3.41. The van der Waals surface area contributed by atoms with Gasteiger partial charge in [-0.1, -0.05) is 30.9 Å². The third-order valence-electron chi connectivity index (χ3n) is 3.82. The van der Waals surface area contributed by atoms with Crippen molar-refractivity contribution in [2.24, 2.45) is 5.92 Å². The van der Waals surface area contributed by atoms with Crippen molar-refractivity contribution in [1.82, 2.24) is 0 Å². The van der Waals surface area contributed by atoms with Gasteiger partial charge in [0.1, 0.15) is 5.54 Å². The largest absolute Gasteiger partial charge is 0.467 e. The molecule has 0 amide bonds. The number of hydrogen-bond donors (Lipinski definition) is 1. The topological polar surface area (TPSA) is 38.3 Å². The molecule has 19 heavy (non-hydrogen) atoms. The summed E-state index contributed by atoms with van der Waals surface area (Å²) in [7, 11) is 1.44. The molecule has 1 aliphatic carbocycles. The molecule has 1 atom stereocenters. The fourth-order valence-corrected chi connectivity index (χ4v) is 2.66. The highest BCUT2D eigenvalue weighted by Crippen LogP contribution is 2.35. The molecule has 1 saturated carbocycles. The lowest BCUT2D eigenvalue weighted by Crippen LogP contribution is -2.46. The van der Waals surface area contributed by atoms with Crippen molar-refractivity contribution in [3.63, 3.8) is 0 Å². The zero-order valence-corrected chi connectivity index (χ0v) is 12.2. The van der Waals surface area contributed by atoms with Gasteiger partial charge in [-0.15, -0.1) is 0 Å². The predicted molar refractivity (Wildman–Crippen MR) is 77.5 cm³/mol. The molecule has 0 aliphatic heterocycles. The summed E-state index contributed by atoms with van der Waals surface area (Å²) in [5.41, 5.74) is 0.213. The molecule has 104 valence electrons. The van der Waals surface area contributed by atoms with E-state index in [4.69, 9.17) is 16.3 Å². The number of benzene rings is 1. The maximum Gasteiger partial charge on any atom is 0.331 e. The first-order valence-corrected chi connectivity index (χ1v) is 7.03. The summed E-state index contributed by atoms with van der Waals surface area (Å²) < 4.78 is 4.95. The fraction of sp³-hybridized carbons (Fsp3) is 0.533. The molecule has 1 aromatic rings. The Morgan fingerprint density at radius 1 is 1.42 bits per heavy atom. The molecule has 1 aromatic carbocycles. The van der Waals surface area contributed by atoms with Crippen LogP contribution in [0, 0.1) is 5.92 Å². The Morgan fingerprint density at radius 2 is 2.05 bits per heavy atom. The van der Waals surface area contributed by atoms with Gasteiger partial charge in [0.15, 0.2) is 0 Å². The van der Waals surface area contributed by atoms with Gasteiger partial charge in [-0.2, -0.15) is 0 Å². The van der Waals surface area contributed by atoms with Crippen molar-refractivity contribution in [2.45, 2.75) is 38.1 Å². The smallest absolute Gasteiger partial charge is 0.331 e. The zero-order chi connectivity index (χ0) is 13.9. The second-order valence-electron chi connectivity index (χ2n) is 5.46. The molecule has 1 fully saturated rings. The van der Waals surface area contributed by atoms with E-state index in [9.17, 15) is 4.79 Å². The average molecular weight is 282 g/mol. The standard InChI is InChI=1S/C15H20ClNO2/c1-15(14(18)19-2,10-11-4-3-5-11)17-13-8-6-12(16)7-9-13/h6-9,11,17H,3-5,10H2,1-2H3. The van der Waals surface area contributed by atoms with Crippen LogP contribution in [0.5, 0.6) is 0 Å².